The number of piperazine rings is 1. The van der Waals surface area contributed by atoms with Crippen LogP contribution in [0.1, 0.15) is 23.4 Å². The number of nitrogens with zero attached hydrogens (tertiary/aromatic N) is 3. The Bertz CT molecular complexity index is 691. The zero-order chi connectivity index (χ0) is 15.8. The third-order valence-corrected chi connectivity index (χ3v) is 5.43. The minimum atomic E-state index is 0.662. The molecule has 0 radical (unpaired) electrons. The molecule has 1 aromatic carbocycles. The SMILES string of the molecule is Cc1cccc(CN2CC3CC(C2)N3Cc2ccccc2Cl)n1. The molecule has 0 N–H and O–H groups in total. The Kier molecular flexibility index (Phi) is 4.10. The summed E-state index contributed by atoms with van der Waals surface area (Å²) >= 11 is 6.31. The fraction of sp³-hybridized carbons (Fsp3) is 0.421. The van der Waals surface area contributed by atoms with Crippen molar-refractivity contribution in [2.45, 2.75) is 38.5 Å². The Labute approximate surface area is 142 Å². The first kappa shape index (κ1) is 15.1. The van der Waals surface area contributed by atoms with Crippen molar-refractivity contribution in [3.63, 3.8) is 0 Å². The molecular formula is C19H22ClN3. The van der Waals surface area contributed by atoms with Gasteiger partial charge in [-0.2, -0.15) is 0 Å². The first-order chi connectivity index (χ1) is 11.2. The second-order valence-electron chi connectivity index (χ2n) is 6.77. The van der Waals surface area contributed by atoms with Crippen molar-refractivity contribution >= 4 is 11.6 Å². The second kappa shape index (κ2) is 6.23. The molecule has 3 fully saturated rings. The van der Waals surface area contributed by atoms with Crippen LogP contribution in [0.25, 0.3) is 0 Å². The van der Waals surface area contributed by atoms with Gasteiger partial charge < -0.3 is 0 Å². The Morgan fingerprint density at radius 3 is 2.57 bits per heavy atom. The third kappa shape index (κ3) is 3.14. The summed E-state index contributed by atoms with van der Waals surface area (Å²) < 4.78 is 0. The molecule has 0 amide bonds. The van der Waals surface area contributed by atoms with Crippen molar-refractivity contribution in [3.8, 4) is 0 Å². The van der Waals surface area contributed by atoms with Gasteiger partial charge in [0.1, 0.15) is 0 Å². The lowest BCUT2D eigenvalue weighted by atomic mass is 9.86. The minimum absolute atomic E-state index is 0.662. The predicted octanol–water partition coefficient (Wildman–Crippen LogP) is 3.50. The molecule has 1 aromatic heterocycles. The highest BCUT2D eigenvalue weighted by atomic mass is 35.5. The van der Waals surface area contributed by atoms with Gasteiger partial charge in [0, 0.05) is 49.0 Å². The van der Waals surface area contributed by atoms with Gasteiger partial charge in [-0.3, -0.25) is 14.8 Å². The number of aryl methyl sites for hydroxylation is 1. The summed E-state index contributed by atoms with van der Waals surface area (Å²) in [5, 5.41) is 0.887. The van der Waals surface area contributed by atoms with Gasteiger partial charge in [0.25, 0.3) is 0 Å². The predicted molar refractivity (Wildman–Crippen MR) is 93.4 cm³/mol. The van der Waals surface area contributed by atoms with Crippen LogP contribution >= 0.6 is 11.6 Å². The standard InChI is InChI=1S/C19H22ClN3/c1-14-5-4-7-16(21-14)11-22-12-17-9-18(13-22)23(17)10-15-6-2-3-8-19(15)20/h2-8,17-18H,9-13H2,1H3. The zero-order valence-electron chi connectivity index (χ0n) is 13.5. The van der Waals surface area contributed by atoms with Gasteiger partial charge in [0.15, 0.2) is 0 Å². The smallest absolute Gasteiger partial charge is 0.0547 e. The normalized spacial score (nSPS) is 24.4. The van der Waals surface area contributed by atoms with E-state index in [1.54, 1.807) is 0 Å². The number of halogens is 1. The number of hydrogen-bond donors (Lipinski definition) is 0. The van der Waals surface area contributed by atoms with E-state index in [9.17, 15) is 0 Å². The molecule has 5 rings (SSSR count). The highest BCUT2D eigenvalue weighted by Crippen LogP contribution is 2.35. The Hall–Kier alpha value is -1.42. The average molecular weight is 328 g/mol. The van der Waals surface area contributed by atoms with E-state index in [2.05, 4.69) is 52.0 Å². The fourth-order valence-corrected chi connectivity index (χ4v) is 4.10. The molecule has 2 aromatic rings. The number of piperidine rings is 1. The van der Waals surface area contributed by atoms with Crippen molar-refractivity contribution in [2.75, 3.05) is 13.1 Å². The molecule has 3 aliphatic heterocycles. The quantitative estimate of drug-likeness (QED) is 0.856. The van der Waals surface area contributed by atoms with E-state index < -0.39 is 0 Å². The van der Waals surface area contributed by atoms with Crippen LogP contribution in [0.4, 0.5) is 0 Å². The molecule has 3 saturated heterocycles. The van der Waals surface area contributed by atoms with Gasteiger partial charge in [0.2, 0.25) is 0 Å². The van der Waals surface area contributed by atoms with E-state index in [0.29, 0.717) is 12.1 Å². The first-order valence-electron chi connectivity index (χ1n) is 8.33. The molecule has 2 unspecified atom stereocenters. The van der Waals surface area contributed by atoms with E-state index in [4.69, 9.17) is 11.6 Å². The summed E-state index contributed by atoms with van der Waals surface area (Å²) in [4.78, 5) is 9.79. The van der Waals surface area contributed by atoms with E-state index in [1.165, 1.54) is 17.7 Å². The van der Waals surface area contributed by atoms with Gasteiger partial charge in [-0.25, -0.2) is 0 Å². The zero-order valence-corrected chi connectivity index (χ0v) is 14.2. The topological polar surface area (TPSA) is 19.4 Å². The molecule has 4 heterocycles. The summed E-state index contributed by atoms with van der Waals surface area (Å²) in [5.41, 5.74) is 3.53. The maximum atomic E-state index is 6.31. The lowest BCUT2D eigenvalue weighted by molar-refractivity contribution is -0.0777. The van der Waals surface area contributed by atoms with Crippen LogP contribution in [0, 0.1) is 6.92 Å². The fourth-order valence-electron chi connectivity index (χ4n) is 3.90. The van der Waals surface area contributed by atoms with Gasteiger partial charge in [-0.1, -0.05) is 35.9 Å². The molecule has 2 bridgehead atoms. The number of pyridine rings is 1. The molecule has 3 nitrogen and oxygen atoms in total. The highest BCUT2D eigenvalue weighted by Gasteiger charge is 2.44. The molecule has 23 heavy (non-hydrogen) atoms. The molecule has 0 aliphatic carbocycles. The van der Waals surface area contributed by atoms with Gasteiger partial charge >= 0.3 is 0 Å². The van der Waals surface area contributed by atoms with Crippen molar-refractivity contribution in [2.24, 2.45) is 0 Å². The van der Waals surface area contributed by atoms with Gasteiger partial charge in [0.05, 0.1) is 5.69 Å². The van der Waals surface area contributed by atoms with E-state index in [-0.39, 0.29) is 0 Å². The largest absolute Gasteiger partial charge is 0.294 e. The van der Waals surface area contributed by atoms with E-state index in [0.717, 1.165) is 36.9 Å². The van der Waals surface area contributed by atoms with Crippen LogP contribution in [0.5, 0.6) is 0 Å². The van der Waals surface area contributed by atoms with Crippen LogP contribution in [0.3, 0.4) is 0 Å². The van der Waals surface area contributed by atoms with E-state index >= 15 is 0 Å². The maximum absolute atomic E-state index is 6.31. The van der Waals surface area contributed by atoms with Crippen molar-refractivity contribution in [3.05, 3.63) is 64.4 Å². The molecule has 4 heteroatoms. The summed E-state index contributed by atoms with van der Waals surface area (Å²) in [6, 6.07) is 15.8. The van der Waals surface area contributed by atoms with Crippen molar-refractivity contribution in [1.29, 1.82) is 0 Å². The Balaban J connectivity index is 1.38. The molecule has 120 valence electrons. The lowest BCUT2D eigenvalue weighted by Gasteiger charge is -2.56. The summed E-state index contributed by atoms with van der Waals surface area (Å²) in [5.74, 6) is 0. The van der Waals surface area contributed by atoms with Crippen LogP contribution in [-0.2, 0) is 13.1 Å². The molecule has 0 spiro atoms. The van der Waals surface area contributed by atoms with Gasteiger partial charge in [-0.15, -0.1) is 0 Å². The average Bonchev–Trinajstić information content (AvgIpc) is 2.54. The summed E-state index contributed by atoms with van der Waals surface area (Å²) in [7, 11) is 0. The van der Waals surface area contributed by atoms with Crippen molar-refractivity contribution in [1.82, 2.24) is 14.8 Å². The van der Waals surface area contributed by atoms with E-state index in [1.807, 2.05) is 12.1 Å². The lowest BCUT2D eigenvalue weighted by Crippen LogP contribution is -2.67. The van der Waals surface area contributed by atoms with Gasteiger partial charge in [-0.05, 0) is 37.1 Å². The minimum Gasteiger partial charge on any atom is -0.294 e. The summed E-state index contributed by atoms with van der Waals surface area (Å²) in [6.07, 6.45) is 1.32. The second-order valence-corrected chi connectivity index (χ2v) is 7.18. The Morgan fingerprint density at radius 2 is 1.83 bits per heavy atom. The molecular weight excluding hydrogens is 306 g/mol. The number of benzene rings is 1. The molecule has 3 aliphatic rings. The van der Waals surface area contributed by atoms with Crippen molar-refractivity contribution < 1.29 is 0 Å². The number of aromatic nitrogens is 1. The first-order valence-corrected chi connectivity index (χ1v) is 8.71. The van der Waals surface area contributed by atoms with Crippen LogP contribution in [-0.4, -0.2) is 40.0 Å². The van der Waals surface area contributed by atoms with Crippen LogP contribution in [0.15, 0.2) is 42.5 Å². The summed E-state index contributed by atoms with van der Waals surface area (Å²) in [6.45, 7) is 6.27. The Morgan fingerprint density at radius 1 is 1.04 bits per heavy atom. The molecule has 2 atom stereocenters. The highest BCUT2D eigenvalue weighted by molar-refractivity contribution is 6.31. The molecule has 0 saturated carbocycles. The number of fused-ring (bicyclic) bond motifs is 2. The number of hydrogen-bond acceptors (Lipinski definition) is 3. The number of rotatable bonds is 4. The monoisotopic (exact) mass is 327 g/mol. The van der Waals surface area contributed by atoms with Crippen LogP contribution in [0.2, 0.25) is 5.02 Å². The van der Waals surface area contributed by atoms with Crippen LogP contribution < -0.4 is 0 Å². The third-order valence-electron chi connectivity index (χ3n) is 5.06. The maximum Gasteiger partial charge on any atom is 0.0547 e.